The van der Waals surface area contributed by atoms with Crippen LogP contribution in [0.25, 0.3) is 11.4 Å². The lowest BCUT2D eigenvalue weighted by Gasteiger charge is -2.03. The number of aromatic nitrogens is 3. The van der Waals surface area contributed by atoms with Gasteiger partial charge in [-0.2, -0.15) is 0 Å². The third kappa shape index (κ3) is 2.50. The smallest absolute Gasteiger partial charge is 0.162 e. The molecule has 0 N–H and O–H groups in total. The van der Waals surface area contributed by atoms with E-state index in [1.807, 2.05) is 24.3 Å². The molecule has 1 aromatic heterocycles. The third-order valence-corrected chi connectivity index (χ3v) is 2.04. The van der Waals surface area contributed by atoms with Crippen LogP contribution < -0.4 is 4.74 Å². The highest BCUT2D eigenvalue weighted by Gasteiger charge is 2.01. The van der Waals surface area contributed by atoms with E-state index in [-0.39, 0.29) is 0 Å². The summed E-state index contributed by atoms with van der Waals surface area (Å²) < 4.78 is 5.31. The monoisotopic (exact) mass is 265 g/mol. The second-order valence-electron chi connectivity index (χ2n) is 2.74. The molecule has 15 heavy (non-hydrogen) atoms. The Hall–Kier alpha value is -1.49. The van der Waals surface area contributed by atoms with Crippen LogP contribution in [-0.2, 0) is 0 Å². The average molecular weight is 266 g/mol. The van der Waals surface area contributed by atoms with E-state index >= 15 is 0 Å². The van der Waals surface area contributed by atoms with E-state index in [0.29, 0.717) is 11.3 Å². The maximum absolute atomic E-state index is 5.31. The summed E-state index contributed by atoms with van der Waals surface area (Å²) in [5, 5.41) is 0. The summed E-state index contributed by atoms with van der Waals surface area (Å²) >= 11 is 3.20. The number of hydrogen-bond acceptors (Lipinski definition) is 4. The summed E-state index contributed by atoms with van der Waals surface area (Å²) in [5.74, 6) is 1.43. The summed E-state index contributed by atoms with van der Waals surface area (Å²) in [6.07, 6.45) is 2.95. The van der Waals surface area contributed by atoms with Gasteiger partial charge in [-0.15, -0.1) is 0 Å². The van der Waals surface area contributed by atoms with Crippen LogP contribution in [-0.4, -0.2) is 20.5 Å². The van der Waals surface area contributed by atoms with Gasteiger partial charge in [0.1, 0.15) is 23.9 Å². The molecule has 0 aliphatic carbocycles. The fourth-order valence-corrected chi connectivity index (χ4v) is 1.44. The van der Waals surface area contributed by atoms with E-state index in [1.165, 1.54) is 12.7 Å². The number of nitrogens with zero attached hydrogens (tertiary/aromatic N) is 3. The van der Waals surface area contributed by atoms with Gasteiger partial charge < -0.3 is 4.74 Å². The van der Waals surface area contributed by atoms with Crippen LogP contribution in [0.5, 0.6) is 5.75 Å². The minimum absolute atomic E-state index is 0.466. The Kier molecular flexibility index (Phi) is 3.24. The molecule has 0 aliphatic rings. The van der Waals surface area contributed by atoms with Gasteiger partial charge in [0, 0.05) is 5.56 Å². The van der Waals surface area contributed by atoms with Crippen LogP contribution in [0.15, 0.2) is 36.9 Å². The van der Waals surface area contributed by atoms with Crippen molar-refractivity contribution in [2.45, 2.75) is 0 Å². The van der Waals surface area contributed by atoms with E-state index in [4.69, 9.17) is 4.74 Å². The van der Waals surface area contributed by atoms with Gasteiger partial charge in [-0.1, -0.05) is 12.1 Å². The molecule has 0 atom stereocenters. The summed E-state index contributed by atoms with van der Waals surface area (Å²) in [5.41, 5.74) is 1.38. The first-order valence-corrected chi connectivity index (χ1v) is 5.43. The predicted molar refractivity (Wildman–Crippen MR) is 59.7 cm³/mol. The van der Waals surface area contributed by atoms with Gasteiger partial charge >= 0.3 is 0 Å². The largest absolute Gasteiger partial charge is 0.482 e. The minimum Gasteiger partial charge on any atom is -0.482 e. The molecule has 0 saturated carbocycles. The molecule has 0 bridgehead atoms. The molecule has 4 nitrogen and oxygen atoms in total. The molecule has 1 heterocycles. The highest BCUT2D eigenvalue weighted by molar-refractivity contribution is 9.09. The average Bonchev–Trinajstić information content (AvgIpc) is 2.31. The molecular weight excluding hydrogens is 258 g/mol. The second-order valence-corrected chi connectivity index (χ2v) is 3.20. The lowest BCUT2D eigenvalue weighted by atomic mass is 10.2. The minimum atomic E-state index is 0.466. The van der Waals surface area contributed by atoms with Crippen molar-refractivity contribution < 1.29 is 4.74 Å². The van der Waals surface area contributed by atoms with Gasteiger partial charge in [0.2, 0.25) is 0 Å². The van der Waals surface area contributed by atoms with E-state index in [2.05, 4.69) is 30.9 Å². The lowest BCUT2D eigenvalue weighted by molar-refractivity contribution is 0.398. The molecular formula is C10H8BrN3O. The Balaban J connectivity index is 2.33. The van der Waals surface area contributed by atoms with Crippen molar-refractivity contribution in [3.05, 3.63) is 36.9 Å². The molecule has 0 unspecified atom stereocenters. The van der Waals surface area contributed by atoms with E-state index in [9.17, 15) is 0 Å². The van der Waals surface area contributed by atoms with Crippen molar-refractivity contribution in [2.24, 2.45) is 0 Å². The third-order valence-electron chi connectivity index (χ3n) is 1.81. The SMILES string of the molecule is BrCOc1cccc(-c2ncncn2)c1. The van der Waals surface area contributed by atoms with E-state index in [1.54, 1.807) is 0 Å². The Morgan fingerprint density at radius 1 is 1.20 bits per heavy atom. The van der Waals surface area contributed by atoms with Gasteiger partial charge in [-0.05, 0) is 28.1 Å². The standard InChI is InChI=1S/C10H8BrN3O/c11-5-15-9-3-1-2-8(4-9)10-13-6-12-7-14-10/h1-4,6-7H,5H2. The number of ether oxygens (including phenoxy) is 1. The summed E-state index contributed by atoms with van der Waals surface area (Å²) in [6, 6.07) is 7.59. The Morgan fingerprint density at radius 2 is 2.00 bits per heavy atom. The molecule has 2 aromatic rings. The first-order chi connectivity index (χ1) is 7.40. The number of halogens is 1. The molecule has 5 heteroatoms. The Labute approximate surface area is 95.5 Å². The van der Waals surface area contributed by atoms with Crippen LogP contribution in [0, 0.1) is 0 Å². The van der Waals surface area contributed by atoms with Gasteiger partial charge in [-0.25, -0.2) is 15.0 Å². The van der Waals surface area contributed by atoms with Gasteiger partial charge in [0.05, 0.1) is 0 Å². The van der Waals surface area contributed by atoms with Gasteiger partial charge in [0.15, 0.2) is 5.82 Å². The zero-order valence-electron chi connectivity index (χ0n) is 7.80. The molecule has 0 spiro atoms. The summed E-state index contributed by atoms with van der Waals surface area (Å²) in [6.45, 7) is 0. The predicted octanol–water partition coefficient (Wildman–Crippen LogP) is 2.27. The lowest BCUT2D eigenvalue weighted by Crippen LogP contribution is -1.91. The summed E-state index contributed by atoms with van der Waals surface area (Å²) in [4.78, 5) is 11.9. The van der Waals surface area contributed by atoms with E-state index in [0.717, 1.165) is 11.3 Å². The molecule has 76 valence electrons. The normalized spacial score (nSPS) is 9.93. The summed E-state index contributed by atoms with van der Waals surface area (Å²) in [7, 11) is 0. The number of benzene rings is 1. The number of rotatable bonds is 3. The molecule has 0 aliphatic heterocycles. The van der Waals surface area contributed by atoms with Crippen molar-refractivity contribution in [3.8, 4) is 17.1 Å². The Bertz CT molecular complexity index is 436. The van der Waals surface area contributed by atoms with Crippen LogP contribution in [0.4, 0.5) is 0 Å². The first kappa shape index (κ1) is 10.0. The van der Waals surface area contributed by atoms with Crippen LogP contribution in [0.2, 0.25) is 0 Å². The van der Waals surface area contributed by atoms with Gasteiger partial charge in [0.25, 0.3) is 0 Å². The first-order valence-electron chi connectivity index (χ1n) is 4.31. The number of hydrogen-bond donors (Lipinski definition) is 0. The maximum atomic E-state index is 5.31. The maximum Gasteiger partial charge on any atom is 0.162 e. The van der Waals surface area contributed by atoms with Crippen molar-refractivity contribution in [3.63, 3.8) is 0 Å². The van der Waals surface area contributed by atoms with Crippen molar-refractivity contribution in [1.29, 1.82) is 0 Å². The van der Waals surface area contributed by atoms with Crippen molar-refractivity contribution >= 4 is 15.9 Å². The molecule has 1 aromatic carbocycles. The Morgan fingerprint density at radius 3 is 2.73 bits per heavy atom. The zero-order chi connectivity index (χ0) is 10.5. The fourth-order valence-electron chi connectivity index (χ4n) is 1.18. The highest BCUT2D eigenvalue weighted by atomic mass is 79.9. The van der Waals surface area contributed by atoms with Crippen LogP contribution >= 0.6 is 15.9 Å². The van der Waals surface area contributed by atoms with Crippen molar-refractivity contribution in [2.75, 3.05) is 5.52 Å². The zero-order valence-corrected chi connectivity index (χ0v) is 9.39. The molecule has 0 fully saturated rings. The molecule has 0 radical (unpaired) electrons. The van der Waals surface area contributed by atoms with Crippen LogP contribution in [0.3, 0.4) is 0 Å². The van der Waals surface area contributed by atoms with Crippen LogP contribution in [0.1, 0.15) is 0 Å². The molecule has 2 rings (SSSR count). The highest BCUT2D eigenvalue weighted by Crippen LogP contribution is 2.20. The number of alkyl halides is 1. The second kappa shape index (κ2) is 4.84. The van der Waals surface area contributed by atoms with Crippen molar-refractivity contribution in [1.82, 2.24) is 15.0 Å². The molecule has 0 saturated heterocycles. The van der Waals surface area contributed by atoms with E-state index < -0.39 is 0 Å². The van der Waals surface area contributed by atoms with Gasteiger partial charge in [-0.3, -0.25) is 0 Å². The molecule has 0 amide bonds. The quantitative estimate of drug-likeness (QED) is 0.799. The topological polar surface area (TPSA) is 47.9 Å². The fraction of sp³-hybridized carbons (Fsp3) is 0.100.